The van der Waals surface area contributed by atoms with E-state index in [1.54, 1.807) is 18.4 Å². The number of nitrogens with zero attached hydrogens (tertiary/aromatic N) is 3. The van der Waals surface area contributed by atoms with Gasteiger partial charge in [-0.2, -0.15) is 0 Å². The zero-order chi connectivity index (χ0) is 23.7. The van der Waals surface area contributed by atoms with Gasteiger partial charge in [0, 0.05) is 26.3 Å². The largest absolute Gasteiger partial charge is 0.503 e. The van der Waals surface area contributed by atoms with Crippen molar-refractivity contribution in [1.29, 1.82) is 0 Å². The lowest BCUT2D eigenvalue weighted by molar-refractivity contribution is -0.130. The first kappa shape index (κ1) is 22.4. The van der Waals surface area contributed by atoms with Crippen molar-refractivity contribution in [3.8, 4) is 0 Å². The minimum Gasteiger partial charge on any atom is -0.503 e. The molecule has 0 spiro atoms. The molecule has 1 N–H and O–H groups in total. The van der Waals surface area contributed by atoms with Gasteiger partial charge in [0.05, 0.1) is 30.2 Å². The Balaban J connectivity index is 1.78. The monoisotopic (exact) mass is 449 g/mol. The van der Waals surface area contributed by atoms with E-state index < -0.39 is 23.5 Å². The number of likely N-dealkylation sites (N-methyl/N-ethyl adjacent to an activating group) is 1. The van der Waals surface area contributed by atoms with Crippen molar-refractivity contribution in [2.45, 2.75) is 12.1 Å². The van der Waals surface area contributed by atoms with Gasteiger partial charge >= 0.3 is 0 Å². The molecule has 2 aromatic heterocycles. The number of furan rings is 2. The summed E-state index contributed by atoms with van der Waals surface area (Å²) in [5.41, 5.74) is 1.69. The number of carbonyl (C=O) groups is 2. The average molecular weight is 450 g/mol. The standard InChI is InChI=1S/C25H27N3O5/c1-26(2)17-11-9-16(10-12-17)22-21(23(29)20-8-6-14-33-20)24(30)25(31)28(22)15-18(27(3)4)19-7-5-13-32-19/h5-14,18,22,30H,15H2,1-4H3. The Morgan fingerprint density at radius 2 is 1.70 bits per heavy atom. The smallest absolute Gasteiger partial charge is 0.290 e. The van der Waals surface area contributed by atoms with Gasteiger partial charge in [-0.25, -0.2) is 0 Å². The summed E-state index contributed by atoms with van der Waals surface area (Å²) in [6, 6.07) is 13.3. The number of ketones is 1. The third-order valence-electron chi connectivity index (χ3n) is 5.88. The minimum atomic E-state index is -0.774. The van der Waals surface area contributed by atoms with Crippen LogP contribution in [0.15, 0.2) is 81.2 Å². The van der Waals surface area contributed by atoms with E-state index in [-0.39, 0.29) is 23.9 Å². The highest BCUT2D eigenvalue weighted by atomic mass is 16.3. The topological polar surface area (TPSA) is 90.4 Å². The van der Waals surface area contributed by atoms with Crippen LogP contribution in [0.2, 0.25) is 0 Å². The van der Waals surface area contributed by atoms with Gasteiger partial charge in [-0.3, -0.25) is 14.5 Å². The quantitative estimate of drug-likeness (QED) is 0.523. The highest BCUT2D eigenvalue weighted by molar-refractivity contribution is 6.15. The van der Waals surface area contributed by atoms with Crippen molar-refractivity contribution >= 4 is 17.4 Å². The molecule has 2 unspecified atom stereocenters. The van der Waals surface area contributed by atoms with Gasteiger partial charge in [0.1, 0.15) is 5.76 Å². The van der Waals surface area contributed by atoms with Crippen LogP contribution >= 0.6 is 0 Å². The molecule has 0 fully saturated rings. The van der Waals surface area contributed by atoms with Crippen LogP contribution in [-0.2, 0) is 4.79 Å². The molecule has 0 aliphatic carbocycles. The minimum absolute atomic E-state index is 0.00417. The van der Waals surface area contributed by atoms with E-state index in [1.807, 2.05) is 68.3 Å². The second-order valence-electron chi connectivity index (χ2n) is 8.41. The number of aliphatic hydroxyl groups is 1. The molecule has 1 aliphatic rings. The molecule has 172 valence electrons. The lowest BCUT2D eigenvalue weighted by atomic mass is 9.94. The Morgan fingerprint density at radius 1 is 1.03 bits per heavy atom. The predicted octanol–water partition coefficient (Wildman–Crippen LogP) is 3.82. The maximum Gasteiger partial charge on any atom is 0.290 e. The van der Waals surface area contributed by atoms with E-state index in [2.05, 4.69) is 0 Å². The van der Waals surface area contributed by atoms with E-state index in [1.165, 1.54) is 17.2 Å². The number of rotatable bonds is 8. The molecule has 0 saturated heterocycles. The van der Waals surface area contributed by atoms with Crippen LogP contribution < -0.4 is 4.90 Å². The molecule has 1 aromatic carbocycles. The maximum atomic E-state index is 13.3. The summed E-state index contributed by atoms with van der Waals surface area (Å²) in [5, 5.41) is 10.8. The predicted molar refractivity (Wildman–Crippen MR) is 123 cm³/mol. The van der Waals surface area contributed by atoms with Crippen molar-refractivity contribution in [2.75, 3.05) is 39.6 Å². The fraction of sp³-hybridized carbons (Fsp3) is 0.280. The first-order chi connectivity index (χ1) is 15.8. The molecule has 2 atom stereocenters. The number of hydrogen-bond donors (Lipinski definition) is 1. The number of carbonyl (C=O) groups excluding carboxylic acids is 2. The van der Waals surface area contributed by atoms with E-state index in [4.69, 9.17) is 8.83 Å². The fourth-order valence-corrected chi connectivity index (χ4v) is 4.09. The number of hydrogen-bond acceptors (Lipinski definition) is 7. The highest BCUT2D eigenvalue weighted by Crippen LogP contribution is 2.41. The molecular formula is C25H27N3O5. The fourth-order valence-electron chi connectivity index (χ4n) is 4.09. The number of benzene rings is 1. The second-order valence-corrected chi connectivity index (χ2v) is 8.41. The van der Waals surface area contributed by atoms with Gasteiger partial charge in [0.15, 0.2) is 11.5 Å². The van der Waals surface area contributed by atoms with Gasteiger partial charge < -0.3 is 23.7 Å². The number of amides is 1. The Labute approximate surface area is 192 Å². The van der Waals surface area contributed by atoms with Crippen LogP contribution in [0.3, 0.4) is 0 Å². The van der Waals surface area contributed by atoms with Crippen molar-refractivity contribution in [1.82, 2.24) is 9.80 Å². The molecule has 1 aliphatic heterocycles. The van der Waals surface area contributed by atoms with Crippen molar-refractivity contribution in [3.63, 3.8) is 0 Å². The molecule has 0 saturated carbocycles. The first-order valence-electron chi connectivity index (χ1n) is 10.6. The first-order valence-corrected chi connectivity index (χ1v) is 10.6. The molecule has 3 heterocycles. The van der Waals surface area contributed by atoms with Crippen LogP contribution in [0, 0.1) is 0 Å². The lowest BCUT2D eigenvalue weighted by Crippen LogP contribution is -2.38. The van der Waals surface area contributed by atoms with Gasteiger partial charge in [-0.1, -0.05) is 12.1 Å². The summed E-state index contributed by atoms with van der Waals surface area (Å²) < 4.78 is 10.9. The van der Waals surface area contributed by atoms with Crippen LogP contribution in [0.5, 0.6) is 0 Å². The van der Waals surface area contributed by atoms with Crippen molar-refractivity contribution < 1.29 is 23.5 Å². The summed E-state index contributed by atoms with van der Waals surface area (Å²) in [6.07, 6.45) is 2.97. The van der Waals surface area contributed by atoms with Crippen LogP contribution in [0.25, 0.3) is 0 Å². The third kappa shape index (κ3) is 4.17. The lowest BCUT2D eigenvalue weighted by Gasteiger charge is -2.32. The van der Waals surface area contributed by atoms with E-state index in [0.29, 0.717) is 11.3 Å². The maximum absolute atomic E-state index is 13.3. The molecule has 8 heteroatoms. The van der Waals surface area contributed by atoms with Crippen LogP contribution in [-0.4, -0.2) is 61.3 Å². The Bertz CT molecular complexity index is 1150. The van der Waals surface area contributed by atoms with Gasteiger partial charge in [0.2, 0.25) is 5.78 Å². The average Bonchev–Trinajstić information content (AvgIpc) is 3.55. The van der Waals surface area contributed by atoms with Crippen LogP contribution in [0.1, 0.15) is 34.0 Å². The third-order valence-corrected chi connectivity index (χ3v) is 5.88. The zero-order valence-corrected chi connectivity index (χ0v) is 19.1. The summed E-state index contributed by atoms with van der Waals surface area (Å²) in [5.74, 6) is -0.939. The van der Waals surface area contributed by atoms with Gasteiger partial charge in [-0.15, -0.1) is 0 Å². The molecule has 1 amide bonds. The van der Waals surface area contributed by atoms with E-state index >= 15 is 0 Å². The summed E-state index contributed by atoms with van der Waals surface area (Å²) in [6.45, 7) is 0.207. The molecule has 0 bridgehead atoms. The van der Waals surface area contributed by atoms with Crippen molar-refractivity contribution in [2.24, 2.45) is 0 Å². The molecular weight excluding hydrogens is 422 g/mol. The molecule has 33 heavy (non-hydrogen) atoms. The summed E-state index contributed by atoms with van der Waals surface area (Å²) in [7, 11) is 7.64. The second kappa shape index (κ2) is 8.99. The normalized spacial score (nSPS) is 17.2. The molecule has 0 radical (unpaired) electrons. The van der Waals surface area contributed by atoms with Crippen LogP contribution in [0.4, 0.5) is 5.69 Å². The van der Waals surface area contributed by atoms with E-state index in [0.717, 1.165) is 5.69 Å². The summed E-state index contributed by atoms with van der Waals surface area (Å²) >= 11 is 0. The highest BCUT2D eigenvalue weighted by Gasteiger charge is 2.45. The van der Waals surface area contributed by atoms with Gasteiger partial charge in [-0.05, 0) is 56.1 Å². The number of Topliss-reactive ketones (excluding diaryl/α,β-unsaturated/α-hetero) is 1. The van der Waals surface area contributed by atoms with Crippen molar-refractivity contribution in [3.05, 3.63) is 89.5 Å². The SMILES string of the molecule is CN(C)c1ccc(C2C(C(=O)c3ccco3)=C(O)C(=O)N2CC(c2ccco2)N(C)C)cc1. The zero-order valence-electron chi connectivity index (χ0n) is 19.1. The molecule has 3 aromatic rings. The number of anilines is 1. The Morgan fingerprint density at radius 3 is 2.24 bits per heavy atom. The Hall–Kier alpha value is -3.78. The molecule has 8 nitrogen and oxygen atoms in total. The molecule has 4 rings (SSSR count). The number of aliphatic hydroxyl groups excluding tert-OH is 1. The Kier molecular flexibility index (Phi) is 6.11. The van der Waals surface area contributed by atoms with Gasteiger partial charge in [0.25, 0.3) is 5.91 Å². The van der Waals surface area contributed by atoms with E-state index in [9.17, 15) is 14.7 Å². The summed E-state index contributed by atoms with van der Waals surface area (Å²) in [4.78, 5) is 32.0.